The molecule has 1 aromatic carbocycles. The van der Waals surface area contributed by atoms with Crippen molar-refractivity contribution in [1.82, 2.24) is 25.2 Å². The van der Waals surface area contributed by atoms with Gasteiger partial charge in [0.15, 0.2) is 0 Å². The van der Waals surface area contributed by atoms with E-state index in [2.05, 4.69) is 34.4 Å². The fourth-order valence-electron chi connectivity index (χ4n) is 2.10. The van der Waals surface area contributed by atoms with Crippen LogP contribution in [0.2, 0.25) is 0 Å². The quantitative estimate of drug-likeness (QED) is 0.801. The molecule has 2 heterocycles. The monoisotopic (exact) mass is 315 g/mol. The lowest BCUT2D eigenvalue weighted by atomic mass is 10.1. The third-order valence-electron chi connectivity index (χ3n) is 3.32. The smallest absolute Gasteiger partial charge is 0.234 e. The van der Waals surface area contributed by atoms with E-state index in [1.807, 2.05) is 31.2 Å². The largest absolute Gasteiger partial charge is 0.390 e. The SMILES string of the molecule is Cc1ccc(-c2c(CO)nnn2-c2nnc(C(C)C)s2)cc1. The molecule has 0 amide bonds. The maximum atomic E-state index is 9.54. The second-order valence-corrected chi connectivity index (χ2v) is 6.39. The molecule has 1 N–H and O–H groups in total. The Kier molecular flexibility index (Phi) is 4.00. The molecule has 0 spiro atoms. The summed E-state index contributed by atoms with van der Waals surface area (Å²) in [6.45, 7) is 6.02. The summed E-state index contributed by atoms with van der Waals surface area (Å²) in [6.07, 6.45) is 0. The molecule has 3 rings (SSSR count). The molecule has 0 bridgehead atoms. The van der Waals surface area contributed by atoms with Crippen molar-refractivity contribution in [2.45, 2.75) is 33.3 Å². The first kappa shape index (κ1) is 14.8. The van der Waals surface area contributed by atoms with E-state index in [0.717, 1.165) is 16.3 Å². The van der Waals surface area contributed by atoms with Gasteiger partial charge < -0.3 is 5.11 Å². The molecule has 0 unspecified atom stereocenters. The Morgan fingerprint density at radius 3 is 2.45 bits per heavy atom. The van der Waals surface area contributed by atoms with Gasteiger partial charge in [0.2, 0.25) is 5.13 Å². The van der Waals surface area contributed by atoms with Gasteiger partial charge in [0.25, 0.3) is 0 Å². The Morgan fingerprint density at radius 2 is 1.86 bits per heavy atom. The first-order valence-electron chi connectivity index (χ1n) is 7.06. The molecule has 114 valence electrons. The van der Waals surface area contributed by atoms with Crippen LogP contribution in [0.3, 0.4) is 0 Å². The van der Waals surface area contributed by atoms with E-state index in [4.69, 9.17) is 0 Å². The highest BCUT2D eigenvalue weighted by molar-refractivity contribution is 7.13. The van der Waals surface area contributed by atoms with E-state index in [1.54, 1.807) is 4.68 Å². The molecule has 6 nitrogen and oxygen atoms in total. The minimum Gasteiger partial charge on any atom is -0.390 e. The van der Waals surface area contributed by atoms with E-state index >= 15 is 0 Å². The first-order valence-corrected chi connectivity index (χ1v) is 7.88. The predicted molar refractivity (Wildman–Crippen MR) is 85.0 cm³/mol. The fraction of sp³-hybridized carbons (Fsp3) is 0.333. The lowest BCUT2D eigenvalue weighted by Gasteiger charge is -2.05. The Labute approximate surface area is 132 Å². The van der Waals surface area contributed by atoms with Gasteiger partial charge in [-0.1, -0.05) is 60.2 Å². The van der Waals surface area contributed by atoms with Gasteiger partial charge in [-0.3, -0.25) is 0 Å². The minimum absolute atomic E-state index is 0.168. The highest BCUT2D eigenvalue weighted by Gasteiger charge is 2.19. The molecule has 0 radical (unpaired) electrons. The third kappa shape index (κ3) is 2.65. The van der Waals surface area contributed by atoms with Gasteiger partial charge in [-0.05, 0) is 6.92 Å². The van der Waals surface area contributed by atoms with Gasteiger partial charge in [-0.2, -0.15) is 4.68 Å². The van der Waals surface area contributed by atoms with Crippen molar-refractivity contribution in [3.63, 3.8) is 0 Å². The molecule has 3 aromatic rings. The van der Waals surface area contributed by atoms with Crippen LogP contribution in [0.5, 0.6) is 0 Å². The van der Waals surface area contributed by atoms with E-state index in [0.29, 0.717) is 16.7 Å². The molecule has 22 heavy (non-hydrogen) atoms. The number of hydrogen-bond donors (Lipinski definition) is 1. The lowest BCUT2D eigenvalue weighted by molar-refractivity contribution is 0.277. The van der Waals surface area contributed by atoms with Crippen molar-refractivity contribution in [3.05, 3.63) is 40.5 Å². The summed E-state index contributed by atoms with van der Waals surface area (Å²) in [6, 6.07) is 8.03. The number of aromatic nitrogens is 5. The van der Waals surface area contributed by atoms with Crippen LogP contribution in [-0.2, 0) is 6.61 Å². The number of benzene rings is 1. The van der Waals surface area contributed by atoms with Crippen molar-refractivity contribution < 1.29 is 5.11 Å². The van der Waals surface area contributed by atoms with Crippen LogP contribution in [-0.4, -0.2) is 30.3 Å². The zero-order valence-electron chi connectivity index (χ0n) is 12.7. The average molecular weight is 315 g/mol. The molecule has 0 fully saturated rings. The zero-order valence-corrected chi connectivity index (χ0v) is 13.5. The maximum Gasteiger partial charge on any atom is 0.234 e. The second kappa shape index (κ2) is 5.94. The molecule has 0 atom stereocenters. The van der Waals surface area contributed by atoms with Crippen LogP contribution in [0.1, 0.15) is 36.0 Å². The summed E-state index contributed by atoms with van der Waals surface area (Å²) in [7, 11) is 0. The van der Waals surface area contributed by atoms with Gasteiger partial charge in [-0.15, -0.1) is 15.3 Å². The predicted octanol–water partition coefficient (Wildman–Crippen LogP) is 2.71. The molecule has 0 aliphatic carbocycles. The average Bonchev–Trinajstić information content (AvgIpc) is 3.14. The van der Waals surface area contributed by atoms with Crippen molar-refractivity contribution in [1.29, 1.82) is 0 Å². The van der Waals surface area contributed by atoms with E-state index in [-0.39, 0.29) is 6.61 Å². The number of aryl methyl sites for hydroxylation is 1. The first-order chi connectivity index (χ1) is 10.6. The Bertz CT molecular complexity index is 776. The standard InChI is InChI=1S/C15H17N5OS/c1-9(2)14-17-18-15(22-14)20-13(12(8-21)16-19-20)11-6-4-10(3)5-7-11/h4-7,9,21H,8H2,1-3H3. The third-order valence-corrected chi connectivity index (χ3v) is 4.52. The molecular weight excluding hydrogens is 298 g/mol. The highest BCUT2D eigenvalue weighted by atomic mass is 32.1. The van der Waals surface area contributed by atoms with E-state index in [1.165, 1.54) is 16.9 Å². The van der Waals surface area contributed by atoms with Gasteiger partial charge >= 0.3 is 0 Å². The van der Waals surface area contributed by atoms with Crippen molar-refractivity contribution in [2.75, 3.05) is 0 Å². The molecule has 0 aliphatic rings. The van der Waals surface area contributed by atoms with Crippen LogP contribution in [0, 0.1) is 6.92 Å². The molecule has 2 aromatic heterocycles. The Balaban J connectivity index is 2.12. The van der Waals surface area contributed by atoms with Crippen LogP contribution >= 0.6 is 11.3 Å². The normalized spacial score (nSPS) is 11.3. The summed E-state index contributed by atoms with van der Waals surface area (Å²) < 4.78 is 1.65. The molecule has 0 aliphatic heterocycles. The molecule has 7 heteroatoms. The molecule has 0 saturated heterocycles. The summed E-state index contributed by atoms with van der Waals surface area (Å²) >= 11 is 1.49. The van der Waals surface area contributed by atoms with Crippen LogP contribution in [0.25, 0.3) is 16.4 Å². The summed E-state index contributed by atoms with van der Waals surface area (Å²) in [4.78, 5) is 0. The number of aliphatic hydroxyl groups is 1. The van der Waals surface area contributed by atoms with Crippen molar-refractivity contribution in [2.24, 2.45) is 0 Å². The number of nitrogens with zero attached hydrogens (tertiary/aromatic N) is 5. The summed E-state index contributed by atoms with van der Waals surface area (Å²) in [5.41, 5.74) is 3.41. The van der Waals surface area contributed by atoms with Crippen LogP contribution in [0.4, 0.5) is 0 Å². The Hall–Kier alpha value is -2.12. The van der Waals surface area contributed by atoms with E-state index < -0.39 is 0 Å². The van der Waals surface area contributed by atoms with Crippen LogP contribution in [0.15, 0.2) is 24.3 Å². The number of rotatable bonds is 4. The molecule has 0 saturated carbocycles. The van der Waals surface area contributed by atoms with Gasteiger partial charge in [0, 0.05) is 11.5 Å². The zero-order chi connectivity index (χ0) is 15.7. The molecular formula is C15H17N5OS. The topological polar surface area (TPSA) is 76.7 Å². The van der Waals surface area contributed by atoms with Crippen molar-refractivity contribution >= 4 is 11.3 Å². The van der Waals surface area contributed by atoms with Gasteiger partial charge in [0.1, 0.15) is 16.4 Å². The van der Waals surface area contributed by atoms with Crippen molar-refractivity contribution in [3.8, 4) is 16.4 Å². The van der Waals surface area contributed by atoms with Gasteiger partial charge in [0.05, 0.1) is 6.61 Å². The number of aliphatic hydroxyl groups excluding tert-OH is 1. The summed E-state index contributed by atoms with van der Waals surface area (Å²) in [5.74, 6) is 0.315. The fourth-order valence-corrected chi connectivity index (χ4v) is 2.90. The highest BCUT2D eigenvalue weighted by Crippen LogP contribution is 2.28. The lowest BCUT2D eigenvalue weighted by Crippen LogP contribution is -2.00. The minimum atomic E-state index is -0.168. The van der Waals surface area contributed by atoms with Crippen LogP contribution < -0.4 is 0 Å². The summed E-state index contributed by atoms with van der Waals surface area (Å²) in [5, 5.41) is 27.8. The van der Waals surface area contributed by atoms with E-state index in [9.17, 15) is 5.11 Å². The van der Waals surface area contributed by atoms with Gasteiger partial charge in [-0.25, -0.2) is 0 Å². The maximum absolute atomic E-state index is 9.54. The Morgan fingerprint density at radius 1 is 1.14 bits per heavy atom. The second-order valence-electron chi connectivity index (χ2n) is 5.40. The number of hydrogen-bond acceptors (Lipinski definition) is 6.